The van der Waals surface area contributed by atoms with Gasteiger partial charge in [0.05, 0.1) is 5.70 Å². The number of para-hydroxylation sites is 1. The molecule has 0 fully saturated rings. The van der Waals surface area contributed by atoms with E-state index in [1.165, 1.54) is 0 Å². The summed E-state index contributed by atoms with van der Waals surface area (Å²) in [5.74, 6) is 11.7. The summed E-state index contributed by atoms with van der Waals surface area (Å²) in [7, 11) is 2.05. The first-order chi connectivity index (χ1) is 11.1. The predicted molar refractivity (Wildman–Crippen MR) is 97.6 cm³/mol. The molecule has 122 valence electrons. The van der Waals surface area contributed by atoms with Gasteiger partial charge in [-0.1, -0.05) is 56.3 Å². The number of hydrogen-bond acceptors (Lipinski definition) is 5. The highest BCUT2D eigenvalue weighted by Crippen LogP contribution is 2.34. The van der Waals surface area contributed by atoms with Crippen LogP contribution in [0.15, 0.2) is 48.5 Å². The standard InChI is InChI=1S/C16H19N5.C2H6/c1-20-10-11-6-2-3-7-12(11)15(17)16(21(18)19)13-8-4-5-9-14(13)20;1-2/h2-9H,10,17-19H2,1H3;1-2H3/b16-15-;. The average molecular weight is 311 g/mol. The second-order valence-corrected chi connectivity index (χ2v) is 5.20. The van der Waals surface area contributed by atoms with E-state index in [1.54, 1.807) is 0 Å². The number of nitrogens with zero attached hydrogens (tertiary/aromatic N) is 2. The van der Waals surface area contributed by atoms with Gasteiger partial charge >= 0.3 is 0 Å². The highest BCUT2D eigenvalue weighted by atomic mass is 15.6. The van der Waals surface area contributed by atoms with Crippen LogP contribution in [0.3, 0.4) is 0 Å². The molecule has 2 aromatic rings. The molecule has 3 rings (SSSR count). The fourth-order valence-corrected chi connectivity index (χ4v) is 2.82. The van der Waals surface area contributed by atoms with Gasteiger partial charge in [-0.05, 0) is 11.6 Å². The molecule has 5 nitrogen and oxygen atoms in total. The first-order valence-corrected chi connectivity index (χ1v) is 7.77. The lowest BCUT2D eigenvalue weighted by molar-refractivity contribution is 0.440. The zero-order valence-corrected chi connectivity index (χ0v) is 14.0. The van der Waals surface area contributed by atoms with Gasteiger partial charge in [0.2, 0.25) is 0 Å². The van der Waals surface area contributed by atoms with E-state index in [0.29, 0.717) is 11.4 Å². The molecule has 23 heavy (non-hydrogen) atoms. The lowest BCUT2D eigenvalue weighted by Gasteiger charge is -2.30. The van der Waals surface area contributed by atoms with Crippen LogP contribution in [0.4, 0.5) is 5.69 Å². The quantitative estimate of drug-likeness (QED) is 0.556. The molecular formula is C18H25N5. The summed E-state index contributed by atoms with van der Waals surface area (Å²) >= 11 is 0. The zero-order chi connectivity index (χ0) is 17.0. The summed E-state index contributed by atoms with van der Waals surface area (Å²) in [4.78, 5) is 2.17. The first-order valence-electron chi connectivity index (χ1n) is 7.77. The van der Waals surface area contributed by atoms with Crippen molar-refractivity contribution < 1.29 is 0 Å². The normalized spacial score (nSPS) is 16.3. The summed E-state index contributed by atoms with van der Waals surface area (Å²) in [5, 5.41) is 1.10. The van der Waals surface area contributed by atoms with Gasteiger partial charge in [0, 0.05) is 30.4 Å². The Morgan fingerprint density at radius 2 is 1.48 bits per heavy atom. The van der Waals surface area contributed by atoms with Gasteiger partial charge in [0.15, 0.2) is 0 Å². The summed E-state index contributed by atoms with van der Waals surface area (Å²) in [5.41, 5.74) is 11.7. The van der Waals surface area contributed by atoms with E-state index in [4.69, 9.17) is 17.4 Å². The summed E-state index contributed by atoms with van der Waals surface area (Å²) in [6.07, 6.45) is 0. The summed E-state index contributed by atoms with van der Waals surface area (Å²) in [6.45, 7) is 4.77. The highest BCUT2D eigenvalue weighted by molar-refractivity contribution is 5.93. The minimum Gasteiger partial charge on any atom is -0.396 e. The number of fused-ring (bicyclic) bond motifs is 2. The van der Waals surface area contributed by atoms with Crippen LogP contribution in [0.1, 0.15) is 30.5 Å². The molecule has 1 aliphatic rings. The minimum atomic E-state index is 0.594. The van der Waals surface area contributed by atoms with Gasteiger partial charge in [0.1, 0.15) is 5.70 Å². The van der Waals surface area contributed by atoms with Gasteiger partial charge in [-0.25, -0.2) is 16.8 Å². The number of rotatable bonds is 1. The molecule has 0 saturated heterocycles. The smallest absolute Gasteiger partial charge is 0.102 e. The van der Waals surface area contributed by atoms with Gasteiger partial charge in [-0.2, -0.15) is 0 Å². The molecule has 6 N–H and O–H groups in total. The molecular weight excluding hydrogens is 286 g/mol. The third-order valence-corrected chi connectivity index (χ3v) is 3.80. The van der Waals surface area contributed by atoms with Crippen molar-refractivity contribution >= 4 is 17.1 Å². The third kappa shape index (κ3) is 3.16. The van der Waals surface area contributed by atoms with E-state index in [1.807, 2.05) is 63.4 Å². The number of nitrogens with two attached hydrogens (primary N) is 3. The van der Waals surface area contributed by atoms with Crippen molar-refractivity contribution in [1.82, 2.24) is 5.12 Å². The molecule has 0 atom stereocenters. The molecule has 0 spiro atoms. The van der Waals surface area contributed by atoms with Crippen molar-refractivity contribution in [3.63, 3.8) is 0 Å². The number of benzene rings is 2. The van der Waals surface area contributed by atoms with Gasteiger partial charge in [0.25, 0.3) is 0 Å². The fraction of sp³-hybridized carbons (Fsp3) is 0.222. The van der Waals surface area contributed by atoms with E-state index < -0.39 is 0 Å². The molecule has 2 aromatic carbocycles. The Hall–Kier alpha value is -2.50. The van der Waals surface area contributed by atoms with Crippen LogP contribution in [0.2, 0.25) is 0 Å². The third-order valence-electron chi connectivity index (χ3n) is 3.80. The Morgan fingerprint density at radius 1 is 0.913 bits per heavy atom. The molecule has 0 amide bonds. The van der Waals surface area contributed by atoms with Crippen molar-refractivity contribution in [3.05, 3.63) is 65.2 Å². The molecule has 0 saturated carbocycles. The SMILES string of the molecule is CC.CN1Cc2ccccc2/C(N)=C(/N(N)N)c2ccccc21. The molecule has 0 radical (unpaired) electrons. The van der Waals surface area contributed by atoms with E-state index in [9.17, 15) is 0 Å². The maximum Gasteiger partial charge on any atom is 0.102 e. The summed E-state index contributed by atoms with van der Waals surface area (Å²) < 4.78 is 0. The predicted octanol–water partition coefficient (Wildman–Crippen LogP) is 2.50. The van der Waals surface area contributed by atoms with Gasteiger partial charge in [-0.3, -0.25) is 0 Å². The Balaban J connectivity index is 0.000000924. The zero-order valence-electron chi connectivity index (χ0n) is 14.0. The van der Waals surface area contributed by atoms with Crippen LogP contribution < -0.4 is 22.3 Å². The number of hydrazine groups is 2. The second kappa shape index (κ2) is 7.17. The van der Waals surface area contributed by atoms with Crippen LogP contribution in [-0.2, 0) is 6.54 Å². The lowest BCUT2D eigenvalue weighted by atomic mass is 9.96. The van der Waals surface area contributed by atoms with Crippen molar-refractivity contribution in [2.24, 2.45) is 17.4 Å². The van der Waals surface area contributed by atoms with Crippen molar-refractivity contribution in [2.75, 3.05) is 11.9 Å². The molecule has 0 aliphatic carbocycles. The molecule has 1 heterocycles. The maximum atomic E-state index is 6.38. The first kappa shape index (κ1) is 16.9. The number of hydrogen-bond donors (Lipinski definition) is 3. The van der Waals surface area contributed by atoms with E-state index in [0.717, 1.165) is 34.0 Å². The maximum absolute atomic E-state index is 6.38. The molecule has 0 unspecified atom stereocenters. The Kier molecular flexibility index (Phi) is 5.26. The van der Waals surface area contributed by atoms with Crippen molar-refractivity contribution in [1.29, 1.82) is 0 Å². The average Bonchev–Trinajstić information content (AvgIpc) is 2.56. The van der Waals surface area contributed by atoms with E-state index in [-0.39, 0.29) is 0 Å². The van der Waals surface area contributed by atoms with Crippen molar-refractivity contribution in [3.8, 4) is 0 Å². The number of anilines is 1. The van der Waals surface area contributed by atoms with E-state index >= 15 is 0 Å². The molecule has 0 bridgehead atoms. The fourth-order valence-electron chi connectivity index (χ4n) is 2.82. The summed E-state index contributed by atoms with van der Waals surface area (Å²) in [6, 6.07) is 16.0. The highest BCUT2D eigenvalue weighted by Gasteiger charge is 2.22. The Morgan fingerprint density at radius 3 is 2.13 bits per heavy atom. The monoisotopic (exact) mass is 311 g/mol. The van der Waals surface area contributed by atoms with Crippen LogP contribution in [0, 0.1) is 0 Å². The molecule has 1 aliphatic heterocycles. The van der Waals surface area contributed by atoms with Crippen LogP contribution in [0.25, 0.3) is 11.4 Å². The molecule has 5 heteroatoms. The van der Waals surface area contributed by atoms with Crippen LogP contribution in [-0.4, -0.2) is 12.2 Å². The minimum absolute atomic E-state index is 0.594. The van der Waals surface area contributed by atoms with E-state index in [2.05, 4.69) is 11.0 Å². The van der Waals surface area contributed by atoms with Crippen LogP contribution >= 0.6 is 0 Å². The van der Waals surface area contributed by atoms with Gasteiger partial charge < -0.3 is 10.6 Å². The van der Waals surface area contributed by atoms with Gasteiger partial charge in [-0.15, -0.1) is 0 Å². The second-order valence-electron chi connectivity index (χ2n) is 5.20. The topological polar surface area (TPSA) is 84.5 Å². The lowest BCUT2D eigenvalue weighted by Crippen LogP contribution is -2.38. The van der Waals surface area contributed by atoms with Crippen LogP contribution in [0.5, 0.6) is 0 Å². The van der Waals surface area contributed by atoms with Crippen molar-refractivity contribution in [2.45, 2.75) is 20.4 Å². The molecule has 0 aromatic heterocycles. The largest absolute Gasteiger partial charge is 0.396 e. The Bertz CT molecular complexity index is 706. The Labute approximate surface area is 137 Å².